The summed E-state index contributed by atoms with van der Waals surface area (Å²) in [5.74, 6) is 0.482. The highest BCUT2D eigenvalue weighted by Gasteiger charge is 2.26. The molecule has 0 atom stereocenters. The first kappa shape index (κ1) is 17.3. The molecule has 1 heterocycles. The van der Waals surface area contributed by atoms with Crippen molar-refractivity contribution in [3.63, 3.8) is 0 Å². The van der Waals surface area contributed by atoms with E-state index >= 15 is 0 Å². The molecule has 7 heteroatoms. The van der Waals surface area contributed by atoms with Crippen molar-refractivity contribution >= 4 is 35.0 Å². The summed E-state index contributed by atoms with van der Waals surface area (Å²) in [5.41, 5.74) is 2.01. The van der Waals surface area contributed by atoms with Crippen LogP contribution in [0.2, 0.25) is 0 Å². The summed E-state index contributed by atoms with van der Waals surface area (Å²) >= 11 is 1.35. The lowest BCUT2D eigenvalue weighted by Crippen LogP contribution is -2.43. The number of hydrogen-bond donors (Lipinski definition) is 1. The third-order valence-electron chi connectivity index (χ3n) is 3.80. The van der Waals surface area contributed by atoms with Crippen LogP contribution in [-0.2, 0) is 15.3 Å². The molecule has 0 aliphatic carbocycles. The Morgan fingerprint density at radius 1 is 1.32 bits per heavy atom. The first-order chi connectivity index (χ1) is 12.1. The Labute approximate surface area is 149 Å². The summed E-state index contributed by atoms with van der Waals surface area (Å²) in [4.78, 5) is 25.8. The van der Waals surface area contributed by atoms with E-state index in [1.807, 2.05) is 6.07 Å². The van der Waals surface area contributed by atoms with E-state index in [9.17, 15) is 14.0 Å². The fraction of sp³-hybridized carbons (Fsp3) is 0.222. The van der Waals surface area contributed by atoms with E-state index in [2.05, 4.69) is 5.32 Å². The standard InChI is InChI=1S/C18H17FN2O3S/c1-24-16-7-6-13(19)8-12(16)10-25-11-18(23)21-9-17(22)20-14-4-2-3-5-15(14)21/h2-8H,9-11H2,1H3,(H,20,22). The molecule has 0 fully saturated rings. The predicted molar refractivity (Wildman–Crippen MR) is 96.5 cm³/mol. The number of methoxy groups -OCH3 is 1. The summed E-state index contributed by atoms with van der Waals surface area (Å²) in [6, 6.07) is 11.5. The SMILES string of the molecule is COc1ccc(F)cc1CSCC(=O)N1CC(=O)Nc2ccccc21. The number of nitrogens with one attached hydrogen (secondary N) is 1. The van der Waals surface area contributed by atoms with Gasteiger partial charge in [-0.15, -0.1) is 11.8 Å². The minimum Gasteiger partial charge on any atom is -0.496 e. The molecule has 0 unspecified atom stereocenters. The van der Waals surface area contributed by atoms with Gasteiger partial charge in [0, 0.05) is 11.3 Å². The maximum Gasteiger partial charge on any atom is 0.244 e. The van der Waals surface area contributed by atoms with Gasteiger partial charge in [-0.3, -0.25) is 9.59 Å². The highest BCUT2D eigenvalue weighted by Crippen LogP contribution is 2.30. The van der Waals surface area contributed by atoms with Crippen LogP contribution in [0.25, 0.3) is 0 Å². The molecule has 130 valence electrons. The van der Waals surface area contributed by atoms with Crippen molar-refractivity contribution in [3.05, 3.63) is 53.8 Å². The van der Waals surface area contributed by atoms with Gasteiger partial charge in [0.25, 0.3) is 0 Å². The van der Waals surface area contributed by atoms with E-state index < -0.39 is 0 Å². The minimum absolute atomic E-state index is 0.000305. The number of nitrogens with zero attached hydrogens (tertiary/aromatic N) is 1. The van der Waals surface area contributed by atoms with E-state index in [1.165, 1.54) is 35.9 Å². The first-order valence-corrected chi connectivity index (χ1v) is 8.83. The molecule has 0 saturated carbocycles. The Bertz CT molecular complexity index is 813. The average Bonchev–Trinajstić information content (AvgIpc) is 2.61. The second kappa shape index (κ2) is 7.57. The largest absolute Gasteiger partial charge is 0.496 e. The van der Waals surface area contributed by atoms with Crippen LogP contribution in [0.4, 0.5) is 15.8 Å². The molecule has 2 aromatic carbocycles. The number of hydrogen-bond acceptors (Lipinski definition) is 4. The zero-order chi connectivity index (χ0) is 17.8. The van der Waals surface area contributed by atoms with Crippen LogP contribution in [-0.4, -0.2) is 31.2 Å². The highest BCUT2D eigenvalue weighted by molar-refractivity contribution is 7.99. The molecule has 25 heavy (non-hydrogen) atoms. The van der Waals surface area contributed by atoms with E-state index in [0.29, 0.717) is 28.4 Å². The van der Waals surface area contributed by atoms with Gasteiger partial charge in [-0.25, -0.2) is 4.39 Å². The zero-order valence-electron chi connectivity index (χ0n) is 13.6. The van der Waals surface area contributed by atoms with Crippen LogP contribution >= 0.6 is 11.8 Å². The van der Waals surface area contributed by atoms with E-state index in [1.54, 1.807) is 24.3 Å². The smallest absolute Gasteiger partial charge is 0.244 e. The van der Waals surface area contributed by atoms with Crippen molar-refractivity contribution in [3.8, 4) is 5.75 Å². The Morgan fingerprint density at radius 3 is 2.92 bits per heavy atom. The number of benzene rings is 2. The fourth-order valence-electron chi connectivity index (χ4n) is 2.64. The van der Waals surface area contributed by atoms with Gasteiger partial charge in [0.15, 0.2) is 0 Å². The van der Waals surface area contributed by atoms with E-state index in [4.69, 9.17) is 4.74 Å². The molecular formula is C18H17FN2O3S. The molecule has 3 rings (SSSR count). The second-order valence-corrected chi connectivity index (χ2v) is 6.48. The van der Waals surface area contributed by atoms with Crippen LogP contribution in [0.15, 0.2) is 42.5 Å². The molecular weight excluding hydrogens is 343 g/mol. The molecule has 1 N–H and O–H groups in total. The molecule has 2 aromatic rings. The first-order valence-electron chi connectivity index (χ1n) is 7.68. The van der Waals surface area contributed by atoms with Crippen LogP contribution in [0.3, 0.4) is 0 Å². The number of ether oxygens (including phenoxy) is 1. The van der Waals surface area contributed by atoms with Crippen LogP contribution in [0, 0.1) is 5.82 Å². The number of thioether (sulfide) groups is 1. The monoisotopic (exact) mass is 360 g/mol. The maximum absolute atomic E-state index is 13.4. The summed E-state index contributed by atoms with van der Waals surface area (Å²) in [5, 5.41) is 2.75. The molecule has 2 amide bonds. The van der Waals surface area contributed by atoms with Gasteiger partial charge in [0.05, 0.1) is 24.2 Å². The summed E-state index contributed by atoms with van der Waals surface area (Å²) in [6.45, 7) is -0.000305. The number of para-hydroxylation sites is 2. The topological polar surface area (TPSA) is 58.6 Å². The molecule has 0 aromatic heterocycles. The number of rotatable bonds is 5. The van der Waals surface area contributed by atoms with Crippen LogP contribution in [0.1, 0.15) is 5.56 Å². The lowest BCUT2D eigenvalue weighted by atomic mass is 10.2. The predicted octanol–water partition coefficient (Wildman–Crippen LogP) is 3.05. The molecule has 0 bridgehead atoms. The van der Waals surface area contributed by atoms with Gasteiger partial charge in [0.2, 0.25) is 11.8 Å². The van der Waals surface area contributed by atoms with Gasteiger partial charge in [-0.2, -0.15) is 0 Å². The molecule has 5 nitrogen and oxygen atoms in total. The van der Waals surface area contributed by atoms with E-state index in [0.717, 1.165) is 0 Å². The summed E-state index contributed by atoms with van der Waals surface area (Å²) in [7, 11) is 1.52. The van der Waals surface area contributed by atoms with Crippen LogP contribution in [0.5, 0.6) is 5.75 Å². The van der Waals surface area contributed by atoms with Crippen molar-refractivity contribution in [2.45, 2.75) is 5.75 Å². The number of carbonyl (C=O) groups excluding carboxylic acids is 2. The van der Waals surface area contributed by atoms with Crippen molar-refractivity contribution in [2.75, 3.05) is 29.6 Å². The number of carbonyl (C=O) groups is 2. The summed E-state index contributed by atoms with van der Waals surface area (Å²) in [6.07, 6.45) is 0. The van der Waals surface area contributed by atoms with Gasteiger partial charge in [-0.1, -0.05) is 12.1 Å². The van der Waals surface area contributed by atoms with Crippen molar-refractivity contribution in [1.82, 2.24) is 0 Å². The number of fused-ring (bicyclic) bond motifs is 1. The molecule has 0 spiro atoms. The third kappa shape index (κ3) is 3.93. The Kier molecular flexibility index (Phi) is 5.23. The molecule has 1 aliphatic rings. The van der Waals surface area contributed by atoms with Gasteiger partial charge in [-0.05, 0) is 30.3 Å². The van der Waals surface area contributed by atoms with Crippen molar-refractivity contribution in [2.24, 2.45) is 0 Å². The lowest BCUT2D eigenvalue weighted by molar-refractivity contribution is -0.120. The normalized spacial score (nSPS) is 13.2. The number of anilines is 2. The maximum atomic E-state index is 13.4. The van der Waals surface area contributed by atoms with Gasteiger partial charge < -0.3 is 15.0 Å². The van der Waals surface area contributed by atoms with Crippen LogP contribution < -0.4 is 15.0 Å². The van der Waals surface area contributed by atoms with Gasteiger partial charge >= 0.3 is 0 Å². The third-order valence-corrected chi connectivity index (χ3v) is 4.76. The molecule has 0 saturated heterocycles. The lowest BCUT2D eigenvalue weighted by Gasteiger charge is -2.29. The Hall–Kier alpha value is -2.54. The molecule has 0 radical (unpaired) electrons. The second-order valence-electron chi connectivity index (χ2n) is 5.49. The number of amides is 2. The average molecular weight is 360 g/mol. The Balaban J connectivity index is 1.66. The van der Waals surface area contributed by atoms with Gasteiger partial charge in [0.1, 0.15) is 18.1 Å². The Morgan fingerprint density at radius 2 is 2.12 bits per heavy atom. The number of halogens is 1. The van der Waals surface area contributed by atoms with Crippen molar-refractivity contribution < 1.29 is 18.7 Å². The van der Waals surface area contributed by atoms with E-state index in [-0.39, 0.29) is 29.9 Å². The molecule has 1 aliphatic heterocycles. The van der Waals surface area contributed by atoms with Crippen molar-refractivity contribution in [1.29, 1.82) is 0 Å². The fourth-order valence-corrected chi connectivity index (χ4v) is 3.52. The minimum atomic E-state index is -0.343. The quantitative estimate of drug-likeness (QED) is 0.890. The highest BCUT2D eigenvalue weighted by atomic mass is 32.2. The summed E-state index contributed by atoms with van der Waals surface area (Å²) < 4.78 is 18.6. The zero-order valence-corrected chi connectivity index (χ0v) is 14.4.